The summed E-state index contributed by atoms with van der Waals surface area (Å²) in [7, 11) is 0. The number of likely N-dealkylation sites (tertiary alicyclic amines) is 1. The van der Waals surface area contributed by atoms with Gasteiger partial charge in [0.1, 0.15) is 0 Å². The molecule has 0 atom stereocenters. The Hall–Kier alpha value is -0.290. The lowest BCUT2D eigenvalue weighted by molar-refractivity contribution is -0.136. The molecule has 2 nitrogen and oxygen atoms in total. The van der Waals surface area contributed by atoms with E-state index in [0.29, 0.717) is 19.6 Å². The van der Waals surface area contributed by atoms with Crippen LogP contribution >= 0.6 is 0 Å². The van der Waals surface area contributed by atoms with Crippen molar-refractivity contribution in [2.24, 2.45) is 5.73 Å². The minimum absolute atomic E-state index is 0.180. The van der Waals surface area contributed by atoms with Crippen LogP contribution < -0.4 is 5.73 Å². The second-order valence-corrected chi connectivity index (χ2v) is 4.08. The highest BCUT2D eigenvalue weighted by atomic mass is 19.4. The summed E-state index contributed by atoms with van der Waals surface area (Å²) in [6.45, 7) is 3.84. The zero-order valence-electron chi connectivity index (χ0n) is 7.69. The van der Waals surface area contributed by atoms with Gasteiger partial charge in [0.2, 0.25) is 0 Å². The maximum Gasteiger partial charge on any atom is 0.389 e. The Morgan fingerprint density at radius 3 is 2.31 bits per heavy atom. The Balaban J connectivity index is 2.03. The lowest BCUT2D eigenvalue weighted by atomic mass is 9.93. The molecule has 1 aliphatic rings. The van der Waals surface area contributed by atoms with Crippen molar-refractivity contribution >= 4 is 0 Å². The Morgan fingerprint density at radius 2 is 1.92 bits per heavy atom. The van der Waals surface area contributed by atoms with E-state index in [4.69, 9.17) is 5.73 Å². The molecule has 13 heavy (non-hydrogen) atoms. The van der Waals surface area contributed by atoms with E-state index in [1.807, 2.05) is 11.8 Å². The first-order valence-corrected chi connectivity index (χ1v) is 4.36. The topological polar surface area (TPSA) is 29.3 Å². The van der Waals surface area contributed by atoms with Crippen molar-refractivity contribution in [1.29, 1.82) is 0 Å². The largest absolute Gasteiger partial charge is 0.389 e. The van der Waals surface area contributed by atoms with Crippen LogP contribution in [0.15, 0.2) is 0 Å². The van der Waals surface area contributed by atoms with Gasteiger partial charge in [0.05, 0.1) is 0 Å². The number of nitrogens with zero attached hydrogens (tertiary/aromatic N) is 1. The normalized spacial score (nSPS) is 22.8. The molecule has 2 N–H and O–H groups in total. The molecule has 0 aromatic rings. The first kappa shape index (κ1) is 10.8. The molecule has 0 amide bonds. The minimum atomic E-state index is -4.02. The average molecular weight is 196 g/mol. The van der Waals surface area contributed by atoms with E-state index in [9.17, 15) is 13.2 Å². The third kappa shape index (κ3) is 3.95. The fourth-order valence-corrected chi connectivity index (χ4v) is 1.64. The van der Waals surface area contributed by atoms with E-state index < -0.39 is 12.6 Å². The molecular formula is C8H15F3N2. The van der Waals surface area contributed by atoms with Crippen molar-refractivity contribution in [1.82, 2.24) is 4.90 Å². The zero-order chi connectivity index (χ0) is 10.1. The Labute approximate surface area is 75.9 Å². The lowest BCUT2D eigenvalue weighted by Crippen LogP contribution is -2.65. The van der Waals surface area contributed by atoms with Crippen LogP contribution in [0.25, 0.3) is 0 Å². The lowest BCUT2D eigenvalue weighted by Gasteiger charge is -2.45. The molecule has 5 heteroatoms. The second kappa shape index (κ2) is 3.46. The van der Waals surface area contributed by atoms with Crippen LogP contribution in [0.4, 0.5) is 13.2 Å². The monoisotopic (exact) mass is 196 g/mol. The Morgan fingerprint density at radius 1 is 1.38 bits per heavy atom. The first-order chi connectivity index (χ1) is 5.79. The molecule has 1 heterocycles. The SMILES string of the molecule is CC1(N)CN(CCCC(F)(F)F)C1. The van der Waals surface area contributed by atoms with Crippen molar-refractivity contribution < 1.29 is 13.2 Å². The number of hydrogen-bond donors (Lipinski definition) is 1. The van der Waals surface area contributed by atoms with Gasteiger partial charge < -0.3 is 5.73 Å². The molecule has 1 fully saturated rings. The van der Waals surface area contributed by atoms with Crippen LogP contribution in [-0.2, 0) is 0 Å². The molecule has 0 spiro atoms. The van der Waals surface area contributed by atoms with Gasteiger partial charge in [-0.2, -0.15) is 13.2 Å². The van der Waals surface area contributed by atoms with Crippen LogP contribution in [0.1, 0.15) is 19.8 Å². The second-order valence-electron chi connectivity index (χ2n) is 4.08. The molecule has 0 radical (unpaired) electrons. The van der Waals surface area contributed by atoms with Crippen molar-refractivity contribution in [3.63, 3.8) is 0 Å². The number of halogens is 3. The van der Waals surface area contributed by atoms with E-state index in [-0.39, 0.29) is 12.0 Å². The van der Waals surface area contributed by atoms with Crippen molar-refractivity contribution in [3.05, 3.63) is 0 Å². The standard InChI is InChI=1S/C8H15F3N2/c1-7(12)5-13(6-7)4-2-3-8(9,10)11/h2-6,12H2,1H3. The maximum atomic E-state index is 11.7. The molecule has 0 unspecified atom stereocenters. The van der Waals surface area contributed by atoms with Crippen molar-refractivity contribution in [2.45, 2.75) is 31.5 Å². The predicted molar refractivity (Wildman–Crippen MR) is 44.3 cm³/mol. The van der Waals surface area contributed by atoms with E-state index in [2.05, 4.69) is 0 Å². The summed E-state index contributed by atoms with van der Waals surface area (Å²) in [5.41, 5.74) is 5.52. The van der Waals surface area contributed by atoms with Gasteiger partial charge in [-0.25, -0.2) is 0 Å². The summed E-state index contributed by atoms with van der Waals surface area (Å²) in [6.07, 6.45) is -4.53. The molecule has 0 aromatic carbocycles. The van der Waals surface area contributed by atoms with Crippen molar-refractivity contribution in [2.75, 3.05) is 19.6 Å². The third-order valence-electron chi connectivity index (χ3n) is 2.10. The number of rotatable bonds is 3. The van der Waals surface area contributed by atoms with Crippen LogP contribution in [0, 0.1) is 0 Å². The Kier molecular flexibility index (Phi) is 2.87. The maximum absolute atomic E-state index is 11.7. The summed E-state index contributed by atoms with van der Waals surface area (Å²) in [6, 6.07) is 0. The highest BCUT2D eigenvalue weighted by Crippen LogP contribution is 2.23. The quantitative estimate of drug-likeness (QED) is 0.738. The summed E-state index contributed by atoms with van der Waals surface area (Å²) in [5, 5.41) is 0. The van der Waals surface area contributed by atoms with E-state index >= 15 is 0 Å². The fourth-order valence-electron chi connectivity index (χ4n) is 1.64. The molecule has 1 rings (SSSR count). The number of nitrogens with two attached hydrogens (primary N) is 1. The van der Waals surface area contributed by atoms with Crippen molar-refractivity contribution in [3.8, 4) is 0 Å². The van der Waals surface area contributed by atoms with Gasteiger partial charge in [0.25, 0.3) is 0 Å². The first-order valence-electron chi connectivity index (χ1n) is 4.36. The zero-order valence-corrected chi connectivity index (χ0v) is 7.69. The van der Waals surface area contributed by atoms with Gasteiger partial charge in [-0.1, -0.05) is 0 Å². The van der Waals surface area contributed by atoms with E-state index in [0.717, 1.165) is 0 Å². The van der Waals surface area contributed by atoms with E-state index in [1.165, 1.54) is 0 Å². The third-order valence-corrected chi connectivity index (χ3v) is 2.10. The fraction of sp³-hybridized carbons (Fsp3) is 1.00. The average Bonchev–Trinajstić information content (AvgIpc) is 1.79. The smallest absolute Gasteiger partial charge is 0.323 e. The molecule has 78 valence electrons. The number of alkyl halides is 3. The summed E-state index contributed by atoms with van der Waals surface area (Å²) in [4.78, 5) is 1.95. The van der Waals surface area contributed by atoms with Gasteiger partial charge in [-0.3, -0.25) is 4.90 Å². The molecule has 0 saturated carbocycles. The van der Waals surface area contributed by atoms with Crippen LogP contribution in [0.3, 0.4) is 0 Å². The van der Waals surface area contributed by atoms with Gasteiger partial charge in [0, 0.05) is 25.0 Å². The van der Waals surface area contributed by atoms with Gasteiger partial charge in [-0.15, -0.1) is 0 Å². The van der Waals surface area contributed by atoms with Crippen LogP contribution in [0.2, 0.25) is 0 Å². The molecule has 1 aliphatic heterocycles. The summed E-state index contributed by atoms with van der Waals surface area (Å²) >= 11 is 0. The molecular weight excluding hydrogens is 181 g/mol. The molecule has 1 saturated heterocycles. The molecule has 0 aliphatic carbocycles. The van der Waals surface area contributed by atoms with E-state index in [1.54, 1.807) is 0 Å². The van der Waals surface area contributed by atoms with Gasteiger partial charge >= 0.3 is 6.18 Å². The number of hydrogen-bond acceptors (Lipinski definition) is 2. The van der Waals surface area contributed by atoms with Crippen LogP contribution in [0.5, 0.6) is 0 Å². The Bertz CT molecular complexity index is 169. The highest BCUT2D eigenvalue weighted by molar-refractivity contribution is 4.95. The summed E-state index contributed by atoms with van der Waals surface area (Å²) in [5.74, 6) is 0. The summed E-state index contributed by atoms with van der Waals surface area (Å²) < 4.78 is 35.2. The minimum Gasteiger partial charge on any atom is -0.323 e. The molecule has 0 bridgehead atoms. The predicted octanol–water partition coefficient (Wildman–Crippen LogP) is 1.36. The van der Waals surface area contributed by atoms with Gasteiger partial charge in [-0.05, 0) is 19.9 Å². The molecule has 0 aromatic heterocycles. The van der Waals surface area contributed by atoms with Crippen LogP contribution in [-0.4, -0.2) is 36.2 Å². The highest BCUT2D eigenvalue weighted by Gasteiger charge is 2.35. The van der Waals surface area contributed by atoms with Gasteiger partial charge in [0.15, 0.2) is 0 Å².